The average Bonchev–Trinajstić information content (AvgIpc) is 2.51. The van der Waals surface area contributed by atoms with Gasteiger partial charge in [-0.3, -0.25) is 4.90 Å². The minimum atomic E-state index is -0.173. The van der Waals surface area contributed by atoms with E-state index in [1.54, 1.807) is 0 Å². The van der Waals surface area contributed by atoms with E-state index in [0.717, 1.165) is 23.4 Å². The maximum atomic E-state index is 14.2. The first-order valence-corrected chi connectivity index (χ1v) is 7.06. The molecule has 0 saturated heterocycles. The second-order valence-corrected chi connectivity index (χ2v) is 5.33. The van der Waals surface area contributed by atoms with E-state index in [0.29, 0.717) is 6.54 Å². The molecular formula is C18H18FNO. The molecule has 0 N–H and O–H groups in total. The molecule has 21 heavy (non-hydrogen) atoms. The summed E-state index contributed by atoms with van der Waals surface area (Å²) in [7, 11) is 2.01. The third kappa shape index (κ3) is 3.14. The van der Waals surface area contributed by atoms with Crippen LogP contribution < -0.4 is 4.74 Å². The monoisotopic (exact) mass is 283 g/mol. The van der Waals surface area contributed by atoms with Gasteiger partial charge in [0.15, 0.2) is 0 Å². The second-order valence-electron chi connectivity index (χ2n) is 5.33. The quantitative estimate of drug-likeness (QED) is 0.844. The first-order valence-electron chi connectivity index (χ1n) is 7.06. The van der Waals surface area contributed by atoms with Crippen molar-refractivity contribution in [1.82, 2.24) is 4.90 Å². The molecule has 0 fully saturated rings. The number of benzene rings is 2. The third-order valence-corrected chi connectivity index (χ3v) is 3.62. The lowest BCUT2D eigenvalue weighted by Crippen LogP contribution is -2.23. The van der Waals surface area contributed by atoms with Crippen LogP contribution in [-0.4, -0.2) is 25.1 Å². The van der Waals surface area contributed by atoms with Crippen molar-refractivity contribution in [2.24, 2.45) is 0 Å². The topological polar surface area (TPSA) is 12.5 Å². The number of rotatable bonds is 4. The molecule has 0 spiro atoms. The maximum absolute atomic E-state index is 14.2. The number of fused-ring (bicyclic) bond motifs is 1. The Morgan fingerprint density at radius 2 is 1.71 bits per heavy atom. The normalized spacial score (nSPS) is 14.0. The predicted molar refractivity (Wildman–Crippen MR) is 82.7 cm³/mol. The van der Waals surface area contributed by atoms with E-state index in [-0.39, 0.29) is 12.4 Å². The molecule has 0 aromatic heterocycles. The van der Waals surface area contributed by atoms with Crippen LogP contribution in [0.3, 0.4) is 0 Å². The standard InChI is InChI=1S/C18H18FNO/c1-20(11-14-7-3-2-4-8-14)12-16-15-9-5-6-10-18(15)21-13-17(16)19/h2-10H,11-13H2,1H3. The Bertz CT molecular complexity index is 651. The molecule has 3 rings (SSSR count). The van der Waals surface area contributed by atoms with Gasteiger partial charge in [0.05, 0.1) is 0 Å². The van der Waals surface area contributed by atoms with Gasteiger partial charge in [0.1, 0.15) is 18.2 Å². The van der Waals surface area contributed by atoms with Crippen molar-refractivity contribution in [1.29, 1.82) is 0 Å². The minimum Gasteiger partial charge on any atom is -0.486 e. The molecule has 2 aromatic carbocycles. The summed E-state index contributed by atoms with van der Waals surface area (Å²) >= 11 is 0. The Balaban J connectivity index is 1.77. The van der Waals surface area contributed by atoms with Gasteiger partial charge in [-0.15, -0.1) is 0 Å². The van der Waals surface area contributed by atoms with Crippen molar-refractivity contribution in [3.05, 3.63) is 71.6 Å². The number of nitrogens with zero attached hydrogens (tertiary/aromatic N) is 1. The summed E-state index contributed by atoms with van der Waals surface area (Å²) in [5.41, 5.74) is 2.82. The van der Waals surface area contributed by atoms with Crippen LogP contribution in [0.4, 0.5) is 4.39 Å². The molecule has 0 amide bonds. The summed E-state index contributed by atoms with van der Waals surface area (Å²) in [4.78, 5) is 2.12. The van der Waals surface area contributed by atoms with E-state index in [2.05, 4.69) is 17.0 Å². The number of halogens is 1. The van der Waals surface area contributed by atoms with Crippen LogP contribution >= 0.6 is 0 Å². The Hall–Kier alpha value is -2.13. The number of hydrogen-bond donors (Lipinski definition) is 0. The molecular weight excluding hydrogens is 265 g/mol. The molecule has 2 nitrogen and oxygen atoms in total. The molecule has 0 saturated carbocycles. The molecule has 0 aliphatic carbocycles. The molecule has 1 aliphatic rings. The summed E-state index contributed by atoms with van der Waals surface area (Å²) in [6.07, 6.45) is 0. The zero-order valence-corrected chi connectivity index (χ0v) is 12.1. The summed E-state index contributed by atoms with van der Waals surface area (Å²) in [5, 5.41) is 0. The highest BCUT2D eigenvalue weighted by Crippen LogP contribution is 2.33. The molecule has 108 valence electrons. The van der Waals surface area contributed by atoms with Gasteiger partial charge >= 0.3 is 0 Å². The van der Waals surface area contributed by atoms with Crippen molar-refractivity contribution >= 4 is 5.57 Å². The van der Waals surface area contributed by atoms with Gasteiger partial charge < -0.3 is 4.74 Å². The zero-order chi connectivity index (χ0) is 14.7. The van der Waals surface area contributed by atoms with Crippen molar-refractivity contribution in [3.63, 3.8) is 0 Å². The molecule has 1 aliphatic heterocycles. The fourth-order valence-electron chi connectivity index (χ4n) is 2.61. The number of likely N-dealkylation sites (N-methyl/N-ethyl adjacent to an activating group) is 1. The lowest BCUT2D eigenvalue weighted by Gasteiger charge is -2.24. The van der Waals surface area contributed by atoms with E-state index in [1.165, 1.54) is 5.56 Å². The van der Waals surface area contributed by atoms with Gasteiger partial charge in [-0.1, -0.05) is 48.5 Å². The van der Waals surface area contributed by atoms with Crippen molar-refractivity contribution < 1.29 is 9.13 Å². The number of ether oxygens (including phenoxy) is 1. The predicted octanol–water partition coefficient (Wildman–Crippen LogP) is 3.89. The van der Waals surface area contributed by atoms with Crippen LogP contribution in [0.25, 0.3) is 5.57 Å². The highest BCUT2D eigenvalue weighted by molar-refractivity contribution is 5.74. The van der Waals surface area contributed by atoms with Crippen LogP contribution in [0, 0.1) is 0 Å². The molecule has 0 atom stereocenters. The maximum Gasteiger partial charge on any atom is 0.143 e. The van der Waals surface area contributed by atoms with Crippen molar-refractivity contribution in [2.45, 2.75) is 6.54 Å². The fraction of sp³-hybridized carbons (Fsp3) is 0.222. The Labute approximate surface area is 124 Å². The molecule has 2 aromatic rings. The third-order valence-electron chi connectivity index (χ3n) is 3.62. The van der Waals surface area contributed by atoms with Crippen LogP contribution in [0.15, 0.2) is 60.4 Å². The van der Waals surface area contributed by atoms with Gasteiger partial charge in [-0.25, -0.2) is 4.39 Å². The lowest BCUT2D eigenvalue weighted by atomic mass is 10.0. The van der Waals surface area contributed by atoms with Crippen LogP contribution in [0.2, 0.25) is 0 Å². The number of para-hydroxylation sites is 1. The van der Waals surface area contributed by atoms with Gasteiger partial charge in [0.2, 0.25) is 0 Å². The highest BCUT2D eigenvalue weighted by atomic mass is 19.1. The Morgan fingerprint density at radius 1 is 1.00 bits per heavy atom. The largest absolute Gasteiger partial charge is 0.486 e. The minimum absolute atomic E-state index is 0.0333. The van der Waals surface area contributed by atoms with Crippen molar-refractivity contribution in [3.8, 4) is 5.75 Å². The van der Waals surface area contributed by atoms with E-state index >= 15 is 0 Å². The molecule has 3 heteroatoms. The molecule has 0 bridgehead atoms. The molecule has 1 heterocycles. The SMILES string of the molecule is CN(CC1=C(F)COc2ccccc21)Cc1ccccc1. The van der Waals surface area contributed by atoms with Crippen LogP contribution in [0.1, 0.15) is 11.1 Å². The van der Waals surface area contributed by atoms with E-state index in [1.807, 2.05) is 49.5 Å². The van der Waals surface area contributed by atoms with Crippen LogP contribution in [-0.2, 0) is 6.54 Å². The highest BCUT2D eigenvalue weighted by Gasteiger charge is 2.20. The average molecular weight is 283 g/mol. The molecule has 0 unspecified atom stereocenters. The van der Waals surface area contributed by atoms with E-state index < -0.39 is 0 Å². The summed E-state index contributed by atoms with van der Waals surface area (Å²) in [5.74, 6) is 0.593. The number of hydrogen-bond acceptors (Lipinski definition) is 2. The second kappa shape index (κ2) is 6.10. The zero-order valence-electron chi connectivity index (χ0n) is 12.1. The fourth-order valence-corrected chi connectivity index (χ4v) is 2.61. The lowest BCUT2D eigenvalue weighted by molar-refractivity contribution is 0.304. The van der Waals surface area contributed by atoms with Gasteiger partial charge in [-0.05, 0) is 18.7 Å². The van der Waals surface area contributed by atoms with Crippen LogP contribution in [0.5, 0.6) is 5.75 Å². The summed E-state index contributed by atoms with van der Waals surface area (Å²) < 4.78 is 19.6. The first kappa shape index (κ1) is 13.8. The summed E-state index contributed by atoms with van der Waals surface area (Å²) in [6, 6.07) is 17.8. The molecule has 0 radical (unpaired) electrons. The van der Waals surface area contributed by atoms with Gasteiger partial charge in [-0.2, -0.15) is 0 Å². The first-order chi connectivity index (χ1) is 10.2. The van der Waals surface area contributed by atoms with Gasteiger partial charge in [0, 0.05) is 24.2 Å². The summed E-state index contributed by atoms with van der Waals surface area (Å²) in [6.45, 7) is 1.40. The van der Waals surface area contributed by atoms with Gasteiger partial charge in [0.25, 0.3) is 0 Å². The Kier molecular flexibility index (Phi) is 4.02. The van der Waals surface area contributed by atoms with E-state index in [4.69, 9.17) is 4.74 Å². The Morgan fingerprint density at radius 3 is 2.52 bits per heavy atom. The van der Waals surface area contributed by atoms with Crippen molar-refractivity contribution in [2.75, 3.05) is 20.2 Å². The van der Waals surface area contributed by atoms with E-state index in [9.17, 15) is 4.39 Å². The smallest absolute Gasteiger partial charge is 0.143 e.